The lowest BCUT2D eigenvalue weighted by Crippen LogP contribution is -2.50. The molecule has 0 unspecified atom stereocenters. The summed E-state index contributed by atoms with van der Waals surface area (Å²) in [4.78, 5) is 18.1. The topological polar surface area (TPSA) is 62.5 Å². The minimum Gasteiger partial charge on any atom is -0.410 e. The molecular formula is C20H22N4O2S2. The van der Waals surface area contributed by atoms with Crippen molar-refractivity contribution >= 4 is 29.0 Å². The van der Waals surface area contributed by atoms with Crippen molar-refractivity contribution in [3.05, 3.63) is 53.4 Å². The summed E-state index contributed by atoms with van der Waals surface area (Å²) in [7, 11) is 0. The molecule has 1 aliphatic rings. The molecule has 0 spiro atoms. The van der Waals surface area contributed by atoms with Gasteiger partial charge in [-0.25, -0.2) is 0 Å². The van der Waals surface area contributed by atoms with Gasteiger partial charge in [-0.15, -0.1) is 21.5 Å². The largest absolute Gasteiger partial charge is 0.410 e. The second kappa shape index (κ2) is 8.89. The number of carbonyl (C=O) groups excluding carboxylic acids is 1. The van der Waals surface area contributed by atoms with Gasteiger partial charge in [0.1, 0.15) is 0 Å². The normalized spacial score (nSPS) is 16.2. The van der Waals surface area contributed by atoms with Gasteiger partial charge in [-0.05, 0) is 23.9 Å². The Kier molecular flexibility index (Phi) is 6.09. The van der Waals surface area contributed by atoms with E-state index in [4.69, 9.17) is 4.42 Å². The van der Waals surface area contributed by atoms with Crippen molar-refractivity contribution in [3.63, 3.8) is 0 Å². The number of piperazine rings is 1. The highest BCUT2D eigenvalue weighted by molar-refractivity contribution is 8.00. The lowest BCUT2D eigenvalue weighted by molar-refractivity contribution is -0.132. The lowest BCUT2D eigenvalue weighted by atomic mass is 10.2. The van der Waals surface area contributed by atoms with E-state index < -0.39 is 0 Å². The molecule has 2 aromatic heterocycles. The molecule has 0 aliphatic carbocycles. The van der Waals surface area contributed by atoms with Gasteiger partial charge in [0.15, 0.2) is 0 Å². The molecule has 1 saturated heterocycles. The van der Waals surface area contributed by atoms with Crippen LogP contribution in [0.4, 0.5) is 0 Å². The van der Waals surface area contributed by atoms with Crippen molar-refractivity contribution in [1.82, 2.24) is 20.0 Å². The summed E-state index contributed by atoms with van der Waals surface area (Å²) >= 11 is 2.88. The third-order valence-corrected chi connectivity index (χ3v) is 6.48. The molecule has 1 atom stereocenters. The molecule has 3 heterocycles. The van der Waals surface area contributed by atoms with Crippen LogP contribution in [0.15, 0.2) is 57.5 Å². The predicted molar refractivity (Wildman–Crippen MR) is 111 cm³/mol. The Bertz CT molecular complexity index is 890. The van der Waals surface area contributed by atoms with Gasteiger partial charge in [-0.3, -0.25) is 9.69 Å². The number of rotatable bonds is 6. The molecule has 0 N–H and O–H groups in total. The molecule has 1 amide bonds. The molecule has 0 bridgehead atoms. The van der Waals surface area contributed by atoms with Crippen molar-refractivity contribution in [2.75, 3.05) is 26.2 Å². The van der Waals surface area contributed by atoms with Gasteiger partial charge >= 0.3 is 0 Å². The molecule has 0 radical (unpaired) electrons. The summed E-state index contributed by atoms with van der Waals surface area (Å²) in [6.07, 6.45) is 0. The molecule has 6 nitrogen and oxygen atoms in total. The summed E-state index contributed by atoms with van der Waals surface area (Å²) in [6, 6.07) is 14.3. The minimum absolute atomic E-state index is 0.125. The minimum atomic E-state index is -0.252. The van der Waals surface area contributed by atoms with E-state index in [0.717, 1.165) is 37.6 Å². The van der Waals surface area contributed by atoms with Crippen LogP contribution in [0.5, 0.6) is 0 Å². The molecule has 1 aromatic carbocycles. The van der Waals surface area contributed by atoms with E-state index in [1.807, 2.05) is 35.4 Å². The number of thiophene rings is 1. The summed E-state index contributed by atoms with van der Waals surface area (Å²) < 4.78 is 5.69. The molecule has 1 aliphatic heterocycles. The average Bonchev–Trinajstić information content (AvgIpc) is 3.40. The van der Waals surface area contributed by atoms with E-state index in [9.17, 15) is 4.79 Å². The number of carbonyl (C=O) groups is 1. The standard InChI is InChI=1S/C20H22N4O2S2/c1-15(28-20-22-21-18(26-20)17-8-5-13-27-17)19(25)24-11-9-23(10-12-24)14-16-6-3-2-4-7-16/h2-8,13,15H,9-12,14H2,1H3/t15-/m0/s1. The summed E-state index contributed by atoms with van der Waals surface area (Å²) in [6.45, 7) is 6.11. The van der Waals surface area contributed by atoms with Crippen molar-refractivity contribution in [2.24, 2.45) is 0 Å². The van der Waals surface area contributed by atoms with E-state index in [-0.39, 0.29) is 11.2 Å². The fraction of sp³-hybridized carbons (Fsp3) is 0.350. The number of thioether (sulfide) groups is 1. The van der Waals surface area contributed by atoms with Crippen molar-refractivity contribution in [3.8, 4) is 10.8 Å². The Morgan fingerprint density at radius 3 is 2.64 bits per heavy atom. The van der Waals surface area contributed by atoms with Crippen LogP contribution in [0.25, 0.3) is 10.8 Å². The van der Waals surface area contributed by atoms with Gasteiger partial charge in [0.05, 0.1) is 10.1 Å². The van der Waals surface area contributed by atoms with E-state index in [0.29, 0.717) is 11.1 Å². The third kappa shape index (κ3) is 4.63. The third-order valence-electron chi connectivity index (χ3n) is 4.70. The van der Waals surface area contributed by atoms with E-state index in [2.05, 4.69) is 39.4 Å². The molecule has 8 heteroatoms. The molecular weight excluding hydrogens is 392 g/mol. The average molecular weight is 415 g/mol. The predicted octanol–water partition coefficient (Wildman–Crippen LogP) is 3.62. The van der Waals surface area contributed by atoms with Crippen LogP contribution >= 0.6 is 23.1 Å². The first-order valence-electron chi connectivity index (χ1n) is 9.28. The molecule has 1 fully saturated rings. The first-order valence-corrected chi connectivity index (χ1v) is 11.0. The van der Waals surface area contributed by atoms with Crippen LogP contribution < -0.4 is 0 Å². The van der Waals surface area contributed by atoms with Crippen LogP contribution in [0.1, 0.15) is 12.5 Å². The number of aromatic nitrogens is 2. The van der Waals surface area contributed by atoms with Crippen LogP contribution in [-0.2, 0) is 11.3 Å². The van der Waals surface area contributed by atoms with Crippen molar-refractivity contribution in [1.29, 1.82) is 0 Å². The maximum Gasteiger partial charge on any atom is 0.277 e. The van der Waals surface area contributed by atoms with E-state index in [1.165, 1.54) is 17.3 Å². The summed E-state index contributed by atoms with van der Waals surface area (Å²) in [5.41, 5.74) is 1.31. The van der Waals surface area contributed by atoms with Gasteiger partial charge in [0.2, 0.25) is 5.91 Å². The van der Waals surface area contributed by atoms with Crippen LogP contribution in [-0.4, -0.2) is 57.3 Å². The Morgan fingerprint density at radius 2 is 1.93 bits per heavy atom. The Morgan fingerprint density at radius 1 is 1.14 bits per heavy atom. The SMILES string of the molecule is C[C@H](Sc1nnc(-c2cccs2)o1)C(=O)N1CCN(Cc2ccccc2)CC1. The second-order valence-corrected chi connectivity index (χ2v) is 8.94. The monoisotopic (exact) mass is 414 g/mol. The number of hydrogen-bond donors (Lipinski definition) is 0. The fourth-order valence-electron chi connectivity index (χ4n) is 3.18. The van der Waals surface area contributed by atoms with Crippen LogP contribution in [0.2, 0.25) is 0 Å². The fourth-order valence-corrected chi connectivity index (χ4v) is 4.60. The molecule has 3 aromatic rings. The highest BCUT2D eigenvalue weighted by Gasteiger charge is 2.27. The summed E-state index contributed by atoms with van der Waals surface area (Å²) in [5.74, 6) is 0.631. The second-order valence-electron chi connectivity index (χ2n) is 6.70. The number of nitrogens with zero attached hydrogens (tertiary/aromatic N) is 4. The van der Waals surface area contributed by atoms with Gasteiger partial charge in [-0.1, -0.05) is 48.2 Å². The Hall–Kier alpha value is -2.16. The quantitative estimate of drug-likeness (QED) is 0.574. The molecule has 146 valence electrons. The summed E-state index contributed by atoms with van der Waals surface area (Å²) in [5, 5.41) is 10.3. The highest BCUT2D eigenvalue weighted by Crippen LogP contribution is 2.29. The van der Waals surface area contributed by atoms with E-state index >= 15 is 0 Å². The molecule has 0 saturated carbocycles. The zero-order valence-electron chi connectivity index (χ0n) is 15.7. The maximum atomic E-state index is 12.8. The smallest absolute Gasteiger partial charge is 0.277 e. The van der Waals surface area contributed by atoms with Gasteiger partial charge < -0.3 is 9.32 Å². The maximum absolute atomic E-state index is 12.8. The zero-order chi connectivity index (χ0) is 19.3. The van der Waals surface area contributed by atoms with E-state index in [1.54, 1.807) is 11.3 Å². The van der Waals surface area contributed by atoms with Crippen LogP contribution in [0.3, 0.4) is 0 Å². The van der Waals surface area contributed by atoms with Gasteiger partial charge in [0.25, 0.3) is 11.1 Å². The zero-order valence-corrected chi connectivity index (χ0v) is 17.3. The number of amides is 1. The first kappa shape index (κ1) is 19.2. The van der Waals surface area contributed by atoms with Crippen LogP contribution in [0, 0.1) is 0 Å². The van der Waals surface area contributed by atoms with Crippen molar-refractivity contribution in [2.45, 2.75) is 23.9 Å². The lowest BCUT2D eigenvalue weighted by Gasteiger charge is -2.35. The van der Waals surface area contributed by atoms with Gasteiger partial charge in [0, 0.05) is 32.7 Å². The number of benzene rings is 1. The molecule has 4 rings (SSSR count). The Labute approximate surface area is 172 Å². The van der Waals surface area contributed by atoms with Crippen molar-refractivity contribution < 1.29 is 9.21 Å². The molecule has 28 heavy (non-hydrogen) atoms. The Balaban J connectivity index is 1.28. The highest BCUT2D eigenvalue weighted by atomic mass is 32.2. The first-order chi connectivity index (χ1) is 13.7. The van der Waals surface area contributed by atoms with Gasteiger partial charge in [-0.2, -0.15) is 0 Å². The number of hydrogen-bond acceptors (Lipinski definition) is 7.